The third-order valence-electron chi connectivity index (χ3n) is 2.79. The number of hydrogen-bond donors (Lipinski definition) is 1. The van der Waals surface area contributed by atoms with Crippen LogP contribution in [-0.4, -0.2) is 61.4 Å². The van der Waals surface area contributed by atoms with Crippen molar-refractivity contribution in [2.45, 2.75) is 19.4 Å². The standard InChI is InChI=1S/C10H19N3O2/c1-8(11-2)10(15)13-6-4-5-12(3)9(14)7-13/h8,11H,4-7H2,1-3H3. The molecule has 0 aromatic heterocycles. The molecule has 0 radical (unpaired) electrons. The largest absolute Gasteiger partial charge is 0.344 e. The summed E-state index contributed by atoms with van der Waals surface area (Å²) < 4.78 is 0. The van der Waals surface area contributed by atoms with Gasteiger partial charge in [0.15, 0.2) is 0 Å². The van der Waals surface area contributed by atoms with Gasteiger partial charge in [-0.2, -0.15) is 0 Å². The van der Waals surface area contributed by atoms with E-state index >= 15 is 0 Å². The third-order valence-corrected chi connectivity index (χ3v) is 2.79. The van der Waals surface area contributed by atoms with E-state index in [0.29, 0.717) is 6.54 Å². The van der Waals surface area contributed by atoms with Gasteiger partial charge in [-0.05, 0) is 20.4 Å². The molecule has 15 heavy (non-hydrogen) atoms. The van der Waals surface area contributed by atoms with Crippen LogP contribution in [0.2, 0.25) is 0 Å². The van der Waals surface area contributed by atoms with Crippen molar-refractivity contribution < 1.29 is 9.59 Å². The lowest BCUT2D eigenvalue weighted by molar-refractivity contribution is -0.139. The quantitative estimate of drug-likeness (QED) is 0.659. The predicted octanol–water partition coefficient (Wildman–Crippen LogP) is -0.715. The summed E-state index contributed by atoms with van der Waals surface area (Å²) in [5.74, 6) is 0.0188. The van der Waals surface area contributed by atoms with E-state index < -0.39 is 0 Å². The molecule has 0 spiro atoms. The minimum atomic E-state index is -0.221. The van der Waals surface area contributed by atoms with E-state index in [4.69, 9.17) is 0 Å². The van der Waals surface area contributed by atoms with Gasteiger partial charge in [-0.25, -0.2) is 0 Å². The van der Waals surface area contributed by atoms with Crippen molar-refractivity contribution in [1.29, 1.82) is 0 Å². The molecule has 0 aromatic carbocycles. The number of nitrogens with zero attached hydrogens (tertiary/aromatic N) is 2. The highest BCUT2D eigenvalue weighted by Crippen LogP contribution is 2.04. The molecule has 86 valence electrons. The summed E-state index contributed by atoms with van der Waals surface area (Å²) in [5.41, 5.74) is 0. The highest BCUT2D eigenvalue weighted by molar-refractivity contribution is 5.87. The fourth-order valence-corrected chi connectivity index (χ4v) is 1.57. The van der Waals surface area contributed by atoms with Crippen LogP contribution >= 0.6 is 0 Å². The maximum Gasteiger partial charge on any atom is 0.241 e. The van der Waals surface area contributed by atoms with Crippen molar-refractivity contribution in [3.8, 4) is 0 Å². The Morgan fingerprint density at radius 1 is 1.47 bits per heavy atom. The number of hydrogen-bond acceptors (Lipinski definition) is 3. The Hall–Kier alpha value is -1.10. The molecule has 5 heteroatoms. The van der Waals surface area contributed by atoms with Crippen LogP contribution < -0.4 is 5.32 Å². The van der Waals surface area contributed by atoms with Gasteiger partial charge in [0.2, 0.25) is 11.8 Å². The number of likely N-dealkylation sites (N-methyl/N-ethyl adjacent to an activating group) is 2. The fourth-order valence-electron chi connectivity index (χ4n) is 1.57. The molecule has 1 aliphatic heterocycles. The molecule has 1 aliphatic rings. The number of carbonyl (C=O) groups is 2. The van der Waals surface area contributed by atoms with Crippen LogP contribution in [0.1, 0.15) is 13.3 Å². The van der Waals surface area contributed by atoms with E-state index in [-0.39, 0.29) is 24.4 Å². The van der Waals surface area contributed by atoms with Crippen LogP contribution in [0.5, 0.6) is 0 Å². The molecule has 1 fully saturated rings. The topological polar surface area (TPSA) is 52.7 Å². The molecule has 1 heterocycles. The first-order valence-corrected chi connectivity index (χ1v) is 5.26. The summed E-state index contributed by atoms with van der Waals surface area (Å²) in [4.78, 5) is 26.7. The van der Waals surface area contributed by atoms with Gasteiger partial charge in [-0.1, -0.05) is 0 Å². The molecule has 0 aliphatic carbocycles. The molecule has 0 aromatic rings. The van der Waals surface area contributed by atoms with Crippen molar-refractivity contribution in [1.82, 2.24) is 15.1 Å². The second-order valence-electron chi connectivity index (χ2n) is 3.94. The van der Waals surface area contributed by atoms with E-state index in [1.54, 1.807) is 30.8 Å². The van der Waals surface area contributed by atoms with Crippen LogP contribution in [0.3, 0.4) is 0 Å². The van der Waals surface area contributed by atoms with E-state index in [2.05, 4.69) is 5.32 Å². The Morgan fingerprint density at radius 3 is 2.73 bits per heavy atom. The molecular formula is C10H19N3O2. The molecule has 1 N–H and O–H groups in total. The summed E-state index contributed by atoms with van der Waals surface area (Å²) in [7, 11) is 3.52. The van der Waals surface area contributed by atoms with Gasteiger partial charge in [0, 0.05) is 20.1 Å². The minimum absolute atomic E-state index is 0.00106. The van der Waals surface area contributed by atoms with Crippen molar-refractivity contribution >= 4 is 11.8 Å². The van der Waals surface area contributed by atoms with E-state index in [1.807, 2.05) is 0 Å². The predicted molar refractivity (Wildman–Crippen MR) is 57.4 cm³/mol. The molecule has 2 amide bonds. The molecule has 0 bridgehead atoms. The zero-order chi connectivity index (χ0) is 11.4. The van der Waals surface area contributed by atoms with Gasteiger partial charge in [0.25, 0.3) is 0 Å². The van der Waals surface area contributed by atoms with Crippen LogP contribution in [-0.2, 0) is 9.59 Å². The Kier molecular flexibility index (Phi) is 4.08. The highest BCUT2D eigenvalue weighted by Gasteiger charge is 2.25. The first kappa shape index (κ1) is 12.0. The average Bonchev–Trinajstić information content (AvgIpc) is 2.39. The first-order valence-electron chi connectivity index (χ1n) is 5.26. The van der Waals surface area contributed by atoms with Gasteiger partial charge in [-0.3, -0.25) is 9.59 Å². The highest BCUT2D eigenvalue weighted by atomic mass is 16.2. The first-order chi connectivity index (χ1) is 7.06. The molecule has 1 saturated heterocycles. The van der Waals surface area contributed by atoms with Crippen LogP contribution in [0.15, 0.2) is 0 Å². The van der Waals surface area contributed by atoms with Gasteiger partial charge >= 0.3 is 0 Å². The van der Waals surface area contributed by atoms with Gasteiger partial charge in [0.05, 0.1) is 12.6 Å². The van der Waals surface area contributed by atoms with Crippen LogP contribution in [0.4, 0.5) is 0 Å². The summed E-state index contributed by atoms with van der Waals surface area (Å²) in [6, 6.07) is -0.221. The van der Waals surface area contributed by atoms with Crippen LogP contribution in [0.25, 0.3) is 0 Å². The number of carbonyl (C=O) groups excluding carboxylic acids is 2. The smallest absolute Gasteiger partial charge is 0.241 e. The number of nitrogens with one attached hydrogen (secondary N) is 1. The van der Waals surface area contributed by atoms with E-state index in [1.165, 1.54) is 0 Å². The lowest BCUT2D eigenvalue weighted by Crippen LogP contribution is -2.46. The van der Waals surface area contributed by atoms with Crippen molar-refractivity contribution in [3.63, 3.8) is 0 Å². The molecule has 1 unspecified atom stereocenters. The molecular weight excluding hydrogens is 194 g/mol. The number of rotatable bonds is 2. The average molecular weight is 213 g/mol. The Morgan fingerprint density at radius 2 is 2.13 bits per heavy atom. The molecule has 0 saturated carbocycles. The van der Waals surface area contributed by atoms with Gasteiger partial charge in [-0.15, -0.1) is 0 Å². The lowest BCUT2D eigenvalue weighted by atomic mass is 10.2. The van der Waals surface area contributed by atoms with Gasteiger partial charge in [0.1, 0.15) is 0 Å². The number of amides is 2. The summed E-state index contributed by atoms with van der Waals surface area (Å²) in [5, 5.41) is 2.89. The normalized spacial score (nSPS) is 20.1. The molecule has 1 atom stereocenters. The zero-order valence-electron chi connectivity index (χ0n) is 9.62. The van der Waals surface area contributed by atoms with Crippen molar-refractivity contribution in [3.05, 3.63) is 0 Å². The Labute approximate surface area is 90.4 Å². The molecule has 1 rings (SSSR count). The zero-order valence-corrected chi connectivity index (χ0v) is 9.62. The van der Waals surface area contributed by atoms with Crippen molar-refractivity contribution in [2.75, 3.05) is 33.7 Å². The lowest BCUT2D eigenvalue weighted by Gasteiger charge is -2.23. The van der Waals surface area contributed by atoms with Gasteiger partial charge < -0.3 is 15.1 Å². The van der Waals surface area contributed by atoms with E-state index in [9.17, 15) is 9.59 Å². The minimum Gasteiger partial charge on any atom is -0.344 e. The van der Waals surface area contributed by atoms with Crippen molar-refractivity contribution in [2.24, 2.45) is 0 Å². The molecule has 5 nitrogen and oxygen atoms in total. The maximum atomic E-state index is 11.8. The second-order valence-corrected chi connectivity index (χ2v) is 3.94. The summed E-state index contributed by atoms with van der Waals surface area (Å²) in [6.45, 7) is 3.42. The Balaban J connectivity index is 2.62. The Bertz CT molecular complexity index is 255. The fraction of sp³-hybridized carbons (Fsp3) is 0.800. The monoisotopic (exact) mass is 213 g/mol. The SMILES string of the molecule is CNC(C)C(=O)N1CCCN(C)C(=O)C1. The maximum absolute atomic E-state index is 11.8. The summed E-state index contributed by atoms with van der Waals surface area (Å²) in [6.07, 6.45) is 0.852. The second kappa shape index (κ2) is 5.11. The van der Waals surface area contributed by atoms with Crippen LogP contribution in [0, 0.1) is 0 Å². The summed E-state index contributed by atoms with van der Waals surface area (Å²) >= 11 is 0. The third kappa shape index (κ3) is 2.92. The van der Waals surface area contributed by atoms with E-state index in [0.717, 1.165) is 13.0 Å².